The minimum absolute atomic E-state index is 0.0879. The largest absolute Gasteiger partial charge is 0.508 e. The maximum atomic E-state index is 12.4. The molecule has 0 saturated heterocycles. The molecule has 2 atom stereocenters. The van der Waals surface area contributed by atoms with Gasteiger partial charge in [0, 0.05) is 21.8 Å². The number of phenolic OH excluding ortho intramolecular Hbond substituents is 1. The van der Waals surface area contributed by atoms with Crippen LogP contribution in [0.1, 0.15) is 22.8 Å². The van der Waals surface area contributed by atoms with Crippen molar-refractivity contribution in [3.8, 4) is 5.75 Å². The summed E-state index contributed by atoms with van der Waals surface area (Å²) in [4.78, 5) is 13.5. The topological polar surface area (TPSA) is 69.6 Å². The molecule has 0 heterocycles. The molecule has 0 aliphatic carbocycles. The van der Waals surface area contributed by atoms with Crippen molar-refractivity contribution < 1.29 is 15.0 Å². The van der Waals surface area contributed by atoms with Gasteiger partial charge in [0.05, 0.1) is 12.1 Å². The number of phenols is 1. The van der Waals surface area contributed by atoms with Gasteiger partial charge >= 0.3 is 0 Å². The third kappa shape index (κ3) is 4.74. The van der Waals surface area contributed by atoms with Crippen LogP contribution in [0.4, 0.5) is 0 Å². The van der Waals surface area contributed by atoms with E-state index >= 15 is 0 Å². The van der Waals surface area contributed by atoms with Crippen molar-refractivity contribution in [2.75, 3.05) is 5.75 Å². The molecule has 0 aromatic heterocycles. The molecule has 4 nitrogen and oxygen atoms in total. The number of aliphatic hydroxyl groups excluding tert-OH is 1. The van der Waals surface area contributed by atoms with E-state index in [-0.39, 0.29) is 17.7 Å². The summed E-state index contributed by atoms with van der Waals surface area (Å²) in [6.45, 7) is 3.35. The molecule has 3 N–H and O–H groups in total. The Morgan fingerprint density at radius 1 is 1.17 bits per heavy atom. The SMILES string of the molecule is Cc1c(O)cccc1C(=O)NC(CSc1ccccc1)C(C)O. The van der Waals surface area contributed by atoms with Crippen molar-refractivity contribution in [3.63, 3.8) is 0 Å². The zero-order valence-electron chi connectivity index (χ0n) is 13.2. The minimum Gasteiger partial charge on any atom is -0.508 e. The quantitative estimate of drug-likeness (QED) is 0.712. The summed E-state index contributed by atoms with van der Waals surface area (Å²) in [6, 6.07) is 14.3. The van der Waals surface area contributed by atoms with Gasteiger partial charge in [-0.3, -0.25) is 4.79 Å². The van der Waals surface area contributed by atoms with E-state index in [1.807, 2.05) is 30.3 Å². The van der Waals surface area contributed by atoms with Crippen LogP contribution in [0, 0.1) is 6.92 Å². The molecule has 0 fully saturated rings. The van der Waals surface area contributed by atoms with Crippen LogP contribution in [0.5, 0.6) is 5.75 Å². The summed E-state index contributed by atoms with van der Waals surface area (Å²) in [5.41, 5.74) is 0.949. The number of carbonyl (C=O) groups is 1. The van der Waals surface area contributed by atoms with E-state index in [4.69, 9.17) is 0 Å². The molecule has 2 rings (SSSR count). The molecule has 2 unspecified atom stereocenters. The zero-order valence-corrected chi connectivity index (χ0v) is 14.0. The molecule has 5 heteroatoms. The van der Waals surface area contributed by atoms with Crippen molar-refractivity contribution in [1.82, 2.24) is 5.32 Å². The predicted octanol–water partition coefficient (Wildman–Crippen LogP) is 2.97. The molecule has 0 radical (unpaired) electrons. The van der Waals surface area contributed by atoms with Crippen LogP contribution in [-0.2, 0) is 0 Å². The smallest absolute Gasteiger partial charge is 0.252 e. The van der Waals surface area contributed by atoms with Gasteiger partial charge in [0.2, 0.25) is 0 Å². The van der Waals surface area contributed by atoms with Crippen LogP contribution in [0.2, 0.25) is 0 Å². The Morgan fingerprint density at radius 2 is 1.87 bits per heavy atom. The Labute approximate surface area is 140 Å². The summed E-state index contributed by atoms with van der Waals surface area (Å²) in [7, 11) is 0. The Morgan fingerprint density at radius 3 is 2.52 bits per heavy atom. The van der Waals surface area contributed by atoms with Crippen LogP contribution in [0.25, 0.3) is 0 Å². The highest BCUT2D eigenvalue weighted by molar-refractivity contribution is 7.99. The van der Waals surface area contributed by atoms with Crippen molar-refractivity contribution in [1.29, 1.82) is 0 Å². The summed E-state index contributed by atoms with van der Waals surface area (Å²) < 4.78 is 0. The summed E-state index contributed by atoms with van der Waals surface area (Å²) in [5, 5.41) is 22.5. The van der Waals surface area contributed by atoms with E-state index in [0.717, 1.165) is 4.90 Å². The van der Waals surface area contributed by atoms with Crippen molar-refractivity contribution in [2.24, 2.45) is 0 Å². The third-order valence-corrected chi connectivity index (χ3v) is 4.75. The maximum Gasteiger partial charge on any atom is 0.252 e. The Hall–Kier alpha value is -1.98. The number of aromatic hydroxyl groups is 1. The monoisotopic (exact) mass is 331 g/mol. The number of nitrogens with one attached hydrogen (secondary N) is 1. The number of hydrogen-bond acceptors (Lipinski definition) is 4. The first kappa shape index (κ1) is 17.4. The first-order valence-electron chi connectivity index (χ1n) is 7.44. The van der Waals surface area contributed by atoms with Gasteiger partial charge < -0.3 is 15.5 Å². The molecule has 0 aliphatic heterocycles. The fourth-order valence-corrected chi connectivity index (χ4v) is 3.20. The second-order valence-corrected chi connectivity index (χ2v) is 6.49. The van der Waals surface area contributed by atoms with Crippen molar-refractivity contribution in [3.05, 3.63) is 59.7 Å². The molecular formula is C18H21NO3S. The molecular weight excluding hydrogens is 310 g/mol. The Balaban J connectivity index is 2.04. The second kappa shape index (κ2) is 8.04. The lowest BCUT2D eigenvalue weighted by atomic mass is 10.1. The average molecular weight is 331 g/mol. The van der Waals surface area contributed by atoms with E-state index in [0.29, 0.717) is 16.9 Å². The summed E-state index contributed by atoms with van der Waals surface area (Å²) >= 11 is 1.58. The van der Waals surface area contributed by atoms with Crippen molar-refractivity contribution in [2.45, 2.75) is 30.9 Å². The average Bonchev–Trinajstić information content (AvgIpc) is 2.54. The van der Waals surface area contributed by atoms with Crippen LogP contribution < -0.4 is 5.32 Å². The standard InChI is InChI=1S/C18H21NO3S/c1-12-15(9-6-10-17(12)21)18(22)19-16(13(2)20)11-23-14-7-4-3-5-8-14/h3-10,13,16,20-21H,11H2,1-2H3,(H,19,22). The molecule has 0 saturated carbocycles. The Kier molecular flexibility index (Phi) is 6.07. The number of carbonyl (C=O) groups excluding carboxylic acids is 1. The van der Waals surface area contributed by atoms with Gasteiger partial charge in [-0.05, 0) is 38.1 Å². The van der Waals surface area contributed by atoms with E-state index < -0.39 is 6.10 Å². The van der Waals surface area contributed by atoms with Gasteiger partial charge in [0.25, 0.3) is 5.91 Å². The fourth-order valence-electron chi connectivity index (χ4n) is 2.12. The Bertz CT molecular complexity index is 659. The van der Waals surface area contributed by atoms with Gasteiger partial charge in [-0.2, -0.15) is 0 Å². The lowest BCUT2D eigenvalue weighted by molar-refractivity contribution is 0.0876. The number of benzene rings is 2. The van der Waals surface area contributed by atoms with E-state index in [1.165, 1.54) is 0 Å². The molecule has 2 aromatic carbocycles. The third-order valence-electron chi connectivity index (χ3n) is 3.62. The molecule has 0 aliphatic rings. The number of rotatable bonds is 6. The van der Waals surface area contributed by atoms with Gasteiger partial charge in [-0.15, -0.1) is 11.8 Å². The lowest BCUT2D eigenvalue weighted by Gasteiger charge is -2.22. The number of thioether (sulfide) groups is 1. The number of aliphatic hydroxyl groups is 1. The van der Waals surface area contributed by atoms with Gasteiger partial charge in [0.15, 0.2) is 0 Å². The molecule has 122 valence electrons. The van der Waals surface area contributed by atoms with Crippen molar-refractivity contribution >= 4 is 17.7 Å². The number of hydrogen-bond donors (Lipinski definition) is 3. The number of amides is 1. The highest BCUT2D eigenvalue weighted by atomic mass is 32.2. The minimum atomic E-state index is -0.673. The van der Waals surface area contributed by atoms with Gasteiger partial charge in [0.1, 0.15) is 5.75 Å². The molecule has 23 heavy (non-hydrogen) atoms. The van der Waals surface area contributed by atoms with Crippen LogP contribution in [0.15, 0.2) is 53.4 Å². The highest BCUT2D eigenvalue weighted by Gasteiger charge is 2.20. The molecule has 0 bridgehead atoms. The first-order valence-corrected chi connectivity index (χ1v) is 8.43. The maximum absolute atomic E-state index is 12.4. The second-order valence-electron chi connectivity index (χ2n) is 5.39. The van der Waals surface area contributed by atoms with Crippen LogP contribution in [0.3, 0.4) is 0 Å². The van der Waals surface area contributed by atoms with Crippen LogP contribution >= 0.6 is 11.8 Å². The van der Waals surface area contributed by atoms with E-state index in [1.54, 1.807) is 43.8 Å². The van der Waals surface area contributed by atoms with Gasteiger partial charge in [-0.1, -0.05) is 24.3 Å². The lowest BCUT2D eigenvalue weighted by Crippen LogP contribution is -2.44. The normalized spacial score (nSPS) is 13.3. The predicted molar refractivity (Wildman–Crippen MR) is 92.9 cm³/mol. The molecule has 0 spiro atoms. The molecule has 1 amide bonds. The van der Waals surface area contributed by atoms with E-state index in [9.17, 15) is 15.0 Å². The fraction of sp³-hybridized carbons (Fsp3) is 0.278. The molecule has 2 aromatic rings. The van der Waals surface area contributed by atoms with Crippen LogP contribution in [-0.4, -0.2) is 34.0 Å². The van der Waals surface area contributed by atoms with Gasteiger partial charge in [-0.25, -0.2) is 0 Å². The summed E-state index contributed by atoms with van der Waals surface area (Å²) in [5.74, 6) is 0.355. The highest BCUT2D eigenvalue weighted by Crippen LogP contribution is 2.21. The zero-order chi connectivity index (χ0) is 16.8. The summed E-state index contributed by atoms with van der Waals surface area (Å²) in [6.07, 6.45) is -0.673. The first-order chi connectivity index (χ1) is 11.0. The van der Waals surface area contributed by atoms with E-state index in [2.05, 4.69) is 5.32 Å².